The topological polar surface area (TPSA) is 45.2 Å². The minimum atomic E-state index is -0.00870. The van der Waals surface area contributed by atoms with Crippen LogP contribution < -0.4 is 10.4 Å². The Morgan fingerprint density at radius 2 is 1.86 bits per heavy atom. The zero-order chi connectivity index (χ0) is 15.4. The summed E-state index contributed by atoms with van der Waals surface area (Å²) in [4.78, 5) is 16.6. The molecular formula is C17H17N3OS. The van der Waals surface area contributed by atoms with Gasteiger partial charge in [0.15, 0.2) is 0 Å². The number of carbonyl (C=O) groups is 1. The Bertz CT molecular complexity index is 737. The molecule has 0 spiro atoms. The van der Waals surface area contributed by atoms with E-state index in [-0.39, 0.29) is 5.91 Å². The second-order valence-corrected chi connectivity index (χ2v) is 6.12. The van der Waals surface area contributed by atoms with E-state index in [2.05, 4.69) is 16.5 Å². The molecule has 1 amide bonds. The van der Waals surface area contributed by atoms with Gasteiger partial charge in [0.2, 0.25) is 5.91 Å². The van der Waals surface area contributed by atoms with Gasteiger partial charge >= 0.3 is 0 Å². The Morgan fingerprint density at radius 3 is 2.64 bits per heavy atom. The normalized spacial score (nSPS) is 10.6. The number of fused-ring (bicyclic) bond motifs is 1. The van der Waals surface area contributed by atoms with Crippen molar-refractivity contribution in [2.75, 3.05) is 12.1 Å². The molecule has 0 bridgehead atoms. The van der Waals surface area contributed by atoms with E-state index in [4.69, 9.17) is 0 Å². The summed E-state index contributed by atoms with van der Waals surface area (Å²) in [6, 6.07) is 17.8. The number of nitrogens with zero attached hydrogens (tertiary/aromatic N) is 2. The first-order chi connectivity index (χ1) is 10.7. The molecule has 0 atom stereocenters. The highest BCUT2D eigenvalue weighted by molar-refractivity contribution is 7.18. The van der Waals surface area contributed by atoms with Crippen molar-refractivity contribution in [2.45, 2.75) is 12.8 Å². The molecule has 0 saturated carbocycles. The molecule has 0 aliphatic heterocycles. The number of benzene rings is 2. The summed E-state index contributed by atoms with van der Waals surface area (Å²) >= 11 is 1.65. The number of para-hydroxylation sites is 2. The lowest BCUT2D eigenvalue weighted by atomic mass is 10.3. The van der Waals surface area contributed by atoms with Crippen LogP contribution in [-0.2, 0) is 11.2 Å². The molecular weight excluding hydrogens is 294 g/mol. The van der Waals surface area contributed by atoms with E-state index in [1.165, 1.54) is 4.70 Å². The SMILES string of the molecule is CN(NC(=O)CCc1nc2ccccc2s1)c1ccccc1. The summed E-state index contributed by atoms with van der Waals surface area (Å²) < 4.78 is 1.17. The standard InChI is InChI=1S/C17H17N3OS/c1-20(13-7-3-2-4-8-13)19-16(21)11-12-17-18-14-9-5-6-10-15(14)22-17/h2-10H,11-12H2,1H3,(H,19,21). The third-order valence-corrected chi connectivity index (χ3v) is 4.44. The first-order valence-corrected chi connectivity index (χ1v) is 7.97. The molecule has 5 heteroatoms. The lowest BCUT2D eigenvalue weighted by Crippen LogP contribution is -2.39. The monoisotopic (exact) mass is 311 g/mol. The largest absolute Gasteiger partial charge is 0.289 e. The Morgan fingerprint density at radius 1 is 1.14 bits per heavy atom. The number of rotatable bonds is 5. The predicted molar refractivity (Wildman–Crippen MR) is 90.9 cm³/mol. The van der Waals surface area contributed by atoms with Gasteiger partial charge in [-0.3, -0.25) is 15.2 Å². The van der Waals surface area contributed by atoms with Crippen molar-refractivity contribution >= 4 is 33.1 Å². The summed E-state index contributed by atoms with van der Waals surface area (Å²) in [5.74, 6) is -0.00870. The van der Waals surface area contributed by atoms with Gasteiger partial charge in [0.25, 0.3) is 0 Å². The van der Waals surface area contributed by atoms with Crippen molar-refractivity contribution in [1.82, 2.24) is 10.4 Å². The first-order valence-electron chi connectivity index (χ1n) is 7.15. The Hall–Kier alpha value is -2.40. The molecule has 1 N–H and O–H groups in total. The van der Waals surface area contributed by atoms with E-state index in [1.807, 2.05) is 55.6 Å². The van der Waals surface area contributed by atoms with Crippen LogP contribution in [0.3, 0.4) is 0 Å². The van der Waals surface area contributed by atoms with Gasteiger partial charge in [-0.15, -0.1) is 11.3 Å². The minimum absolute atomic E-state index is 0.00870. The zero-order valence-electron chi connectivity index (χ0n) is 12.3. The maximum absolute atomic E-state index is 12.0. The van der Waals surface area contributed by atoms with E-state index in [9.17, 15) is 4.79 Å². The van der Waals surface area contributed by atoms with Gasteiger partial charge in [-0.05, 0) is 24.3 Å². The highest BCUT2D eigenvalue weighted by Crippen LogP contribution is 2.22. The number of hydrogen-bond donors (Lipinski definition) is 1. The number of thiazole rings is 1. The predicted octanol–water partition coefficient (Wildman–Crippen LogP) is 3.40. The number of anilines is 1. The number of amides is 1. The van der Waals surface area contributed by atoms with E-state index in [1.54, 1.807) is 16.3 Å². The smallest absolute Gasteiger partial charge is 0.238 e. The van der Waals surface area contributed by atoms with Gasteiger partial charge in [-0.25, -0.2) is 4.98 Å². The molecule has 22 heavy (non-hydrogen) atoms. The molecule has 0 radical (unpaired) electrons. The van der Waals surface area contributed by atoms with Crippen molar-refractivity contribution in [2.24, 2.45) is 0 Å². The van der Waals surface area contributed by atoms with Crippen LogP contribution in [0.5, 0.6) is 0 Å². The summed E-state index contributed by atoms with van der Waals surface area (Å²) in [5.41, 5.74) is 4.83. The van der Waals surface area contributed by atoms with Gasteiger partial charge in [0.1, 0.15) is 0 Å². The van der Waals surface area contributed by atoms with Gasteiger partial charge in [0.05, 0.1) is 20.9 Å². The van der Waals surface area contributed by atoms with Gasteiger partial charge in [-0.2, -0.15) is 0 Å². The average molecular weight is 311 g/mol. The number of hydrazine groups is 1. The average Bonchev–Trinajstić information content (AvgIpc) is 2.96. The van der Waals surface area contributed by atoms with E-state index >= 15 is 0 Å². The summed E-state index contributed by atoms with van der Waals surface area (Å²) in [6.45, 7) is 0. The molecule has 112 valence electrons. The summed E-state index contributed by atoms with van der Waals surface area (Å²) in [6.07, 6.45) is 1.09. The van der Waals surface area contributed by atoms with Crippen LogP contribution in [0.15, 0.2) is 54.6 Å². The number of aromatic nitrogens is 1. The van der Waals surface area contributed by atoms with Crippen molar-refractivity contribution in [1.29, 1.82) is 0 Å². The molecule has 0 unspecified atom stereocenters. The van der Waals surface area contributed by atoms with E-state index in [0.29, 0.717) is 12.8 Å². The lowest BCUT2D eigenvalue weighted by Gasteiger charge is -2.19. The summed E-state index contributed by atoms with van der Waals surface area (Å²) in [5, 5.41) is 2.74. The molecule has 3 aromatic rings. The fraction of sp³-hybridized carbons (Fsp3) is 0.176. The van der Waals surface area contributed by atoms with Crippen LogP contribution in [0.4, 0.5) is 5.69 Å². The molecule has 3 rings (SSSR count). The molecule has 0 aliphatic rings. The third-order valence-electron chi connectivity index (χ3n) is 3.34. The maximum atomic E-state index is 12.0. The summed E-state index contributed by atoms with van der Waals surface area (Å²) in [7, 11) is 1.84. The van der Waals surface area contributed by atoms with Crippen molar-refractivity contribution in [3.63, 3.8) is 0 Å². The van der Waals surface area contributed by atoms with Crippen LogP contribution in [0.1, 0.15) is 11.4 Å². The van der Waals surface area contributed by atoms with Crippen LogP contribution >= 0.6 is 11.3 Å². The fourth-order valence-electron chi connectivity index (χ4n) is 2.21. The Kier molecular flexibility index (Phi) is 4.34. The molecule has 0 aliphatic carbocycles. The Labute approximate surface area is 133 Å². The van der Waals surface area contributed by atoms with Gasteiger partial charge in [-0.1, -0.05) is 30.3 Å². The number of hydrogen-bond acceptors (Lipinski definition) is 4. The minimum Gasteiger partial charge on any atom is -0.289 e. The van der Waals surface area contributed by atoms with Gasteiger partial charge in [0, 0.05) is 19.9 Å². The molecule has 0 fully saturated rings. The molecule has 2 aromatic carbocycles. The second kappa shape index (κ2) is 6.58. The molecule has 4 nitrogen and oxygen atoms in total. The Balaban J connectivity index is 1.56. The quantitative estimate of drug-likeness (QED) is 0.735. The van der Waals surface area contributed by atoms with Crippen LogP contribution in [0.25, 0.3) is 10.2 Å². The molecule has 1 aromatic heterocycles. The number of nitrogens with one attached hydrogen (secondary N) is 1. The van der Waals surface area contributed by atoms with Crippen LogP contribution in [-0.4, -0.2) is 17.9 Å². The van der Waals surface area contributed by atoms with Crippen molar-refractivity contribution < 1.29 is 4.79 Å². The first kappa shape index (κ1) is 14.5. The zero-order valence-corrected chi connectivity index (χ0v) is 13.1. The van der Waals surface area contributed by atoms with E-state index in [0.717, 1.165) is 16.2 Å². The van der Waals surface area contributed by atoms with Crippen LogP contribution in [0.2, 0.25) is 0 Å². The molecule has 0 saturated heterocycles. The van der Waals surface area contributed by atoms with E-state index < -0.39 is 0 Å². The highest BCUT2D eigenvalue weighted by atomic mass is 32.1. The third kappa shape index (κ3) is 3.43. The maximum Gasteiger partial charge on any atom is 0.238 e. The second-order valence-electron chi connectivity index (χ2n) is 5.00. The highest BCUT2D eigenvalue weighted by Gasteiger charge is 2.09. The van der Waals surface area contributed by atoms with Gasteiger partial charge < -0.3 is 0 Å². The number of carbonyl (C=O) groups excluding carboxylic acids is 1. The number of aryl methyl sites for hydroxylation is 1. The lowest BCUT2D eigenvalue weighted by molar-refractivity contribution is -0.121. The van der Waals surface area contributed by atoms with Crippen molar-refractivity contribution in [3.05, 3.63) is 59.6 Å². The molecule has 1 heterocycles. The van der Waals surface area contributed by atoms with Crippen molar-refractivity contribution in [3.8, 4) is 0 Å². The van der Waals surface area contributed by atoms with Crippen LogP contribution in [0, 0.1) is 0 Å². The fourth-order valence-corrected chi connectivity index (χ4v) is 3.17.